The maximum Gasteiger partial charge on any atom is 0.213 e. The molecule has 110 valence electrons. The van der Waals surface area contributed by atoms with Crippen LogP contribution in [0.5, 0.6) is 0 Å². The van der Waals surface area contributed by atoms with Crippen molar-refractivity contribution >= 4 is 17.6 Å². The van der Waals surface area contributed by atoms with Gasteiger partial charge < -0.3 is 0 Å². The highest BCUT2D eigenvalue weighted by atomic mass is 13.9. The SMILES string of the molecule is C=C/C=C(C)\C=C/CB(c1ccccc1)c1ccc(C)cc1. The largest absolute Gasteiger partial charge is 0.213 e. The van der Waals surface area contributed by atoms with E-state index in [0.717, 1.165) is 6.32 Å². The molecule has 0 saturated heterocycles. The molecule has 0 bridgehead atoms. The van der Waals surface area contributed by atoms with Gasteiger partial charge in [-0.2, -0.15) is 0 Å². The van der Waals surface area contributed by atoms with Crippen LogP contribution < -0.4 is 10.9 Å². The van der Waals surface area contributed by atoms with Crippen LogP contribution in [0.2, 0.25) is 6.32 Å². The summed E-state index contributed by atoms with van der Waals surface area (Å²) in [6, 6.07) is 19.6. The molecule has 2 aromatic carbocycles. The Balaban J connectivity index is 2.24. The molecular weight excluding hydrogens is 263 g/mol. The summed E-state index contributed by atoms with van der Waals surface area (Å²) in [5.41, 5.74) is 5.26. The number of aryl methyl sites for hydroxylation is 1. The minimum atomic E-state index is 0.398. The van der Waals surface area contributed by atoms with E-state index in [0.29, 0.717) is 6.71 Å². The van der Waals surface area contributed by atoms with Crippen LogP contribution in [0.1, 0.15) is 12.5 Å². The van der Waals surface area contributed by atoms with Crippen molar-refractivity contribution in [3.05, 3.63) is 96.6 Å². The van der Waals surface area contributed by atoms with Gasteiger partial charge in [-0.15, -0.1) is 0 Å². The monoisotopic (exact) mass is 286 g/mol. The van der Waals surface area contributed by atoms with E-state index in [4.69, 9.17) is 0 Å². The van der Waals surface area contributed by atoms with Crippen LogP contribution in [0.25, 0.3) is 0 Å². The Hall–Kier alpha value is -2.28. The molecule has 0 nitrogen and oxygen atoms in total. The lowest BCUT2D eigenvalue weighted by Gasteiger charge is -2.13. The average molecular weight is 286 g/mol. The maximum absolute atomic E-state index is 3.74. The number of hydrogen-bond donors (Lipinski definition) is 0. The van der Waals surface area contributed by atoms with Crippen LogP contribution in [0.4, 0.5) is 0 Å². The molecule has 0 aliphatic heterocycles. The second-order valence-electron chi connectivity index (χ2n) is 5.66. The van der Waals surface area contributed by atoms with Crippen molar-refractivity contribution in [1.29, 1.82) is 0 Å². The van der Waals surface area contributed by atoms with Crippen LogP contribution in [-0.2, 0) is 0 Å². The molecule has 0 radical (unpaired) electrons. The van der Waals surface area contributed by atoms with E-state index in [-0.39, 0.29) is 0 Å². The Morgan fingerprint density at radius 2 is 1.64 bits per heavy atom. The highest BCUT2D eigenvalue weighted by Gasteiger charge is 2.16. The van der Waals surface area contributed by atoms with Crippen LogP contribution >= 0.6 is 0 Å². The lowest BCUT2D eigenvalue weighted by Crippen LogP contribution is -2.41. The van der Waals surface area contributed by atoms with Gasteiger partial charge in [0.2, 0.25) is 6.71 Å². The van der Waals surface area contributed by atoms with Gasteiger partial charge >= 0.3 is 0 Å². The normalized spacial score (nSPS) is 11.6. The molecule has 0 aliphatic carbocycles. The van der Waals surface area contributed by atoms with Crippen molar-refractivity contribution in [2.45, 2.75) is 20.2 Å². The minimum Gasteiger partial charge on any atom is -0.0991 e. The Bertz CT molecular complexity index is 648. The molecule has 0 fully saturated rings. The zero-order valence-corrected chi connectivity index (χ0v) is 13.5. The smallest absolute Gasteiger partial charge is 0.0991 e. The molecule has 0 amide bonds. The molecule has 2 aromatic rings. The Morgan fingerprint density at radius 3 is 2.27 bits per heavy atom. The van der Waals surface area contributed by atoms with Gasteiger partial charge in [-0.05, 0) is 20.2 Å². The summed E-state index contributed by atoms with van der Waals surface area (Å²) in [6.45, 7) is 8.36. The summed E-state index contributed by atoms with van der Waals surface area (Å²) in [5, 5.41) is 0. The second-order valence-corrected chi connectivity index (χ2v) is 5.66. The van der Waals surface area contributed by atoms with Crippen LogP contribution in [0.15, 0.2) is 91.1 Å². The van der Waals surface area contributed by atoms with Gasteiger partial charge in [0.15, 0.2) is 0 Å². The molecule has 1 heteroatoms. The van der Waals surface area contributed by atoms with Gasteiger partial charge in [-0.1, -0.05) is 108 Å². The quantitative estimate of drug-likeness (QED) is 0.549. The first-order valence-corrected chi connectivity index (χ1v) is 7.78. The third kappa shape index (κ3) is 4.63. The van der Waals surface area contributed by atoms with Crippen LogP contribution in [0.3, 0.4) is 0 Å². The zero-order chi connectivity index (χ0) is 15.8. The zero-order valence-electron chi connectivity index (χ0n) is 13.5. The van der Waals surface area contributed by atoms with Crippen LogP contribution in [0, 0.1) is 6.92 Å². The third-order valence-corrected chi connectivity index (χ3v) is 3.81. The number of hydrogen-bond acceptors (Lipinski definition) is 0. The topological polar surface area (TPSA) is 0 Å². The molecule has 0 heterocycles. The van der Waals surface area contributed by atoms with E-state index in [9.17, 15) is 0 Å². The van der Waals surface area contributed by atoms with Crippen molar-refractivity contribution in [2.75, 3.05) is 0 Å². The second kappa shape index (κ2) is 8.24. The first kappa shape index (κ1) is 16.1. The van der Waals surface area contributed by atoms with Crippen molar-refractivity contribution in [3.8, 4) is 0 Å². The maximum atomic E-state index is 3.74. The lowest BCUT2D eigenvalue weighted by atomic mass is 9.38. The fraction of sp³-hybridized carbons (Fsp3) is 0.143. The average Bonchev–Trinajstić information content (AvgIpc) is 2.54. The summed E-state index contributed by atoms with van der Waals surface area (Å²) in [4.78, 5) is 0. The van der Waals surface area contributed by atoms with E-state index in [1.54, 1.807) is 0 Å². The number of allylic oxidation sites excluding steroid dienone is 5. The van der Waals surface area contributed by atoms with E-state index in [2.05, 4.69) is 87.2 Å². The molecular formula is C21H23B. The third-order valence-electron chi connectivity index (χ3n) is 3.81. The Morgan fingerprint density at radius 1 is 1.00 bits per heavy atom. The van der Waals surface area contributed by atoms with Crippen molar-refractivity contribution in [3.63, 3.8) is 0 Å². The summed E-state index contributed by atoms with van der Waals surface area (Å²) < 4.78 is 0. The molecule has 22 heavy (non-hydrogen) atoms. The Labute approximate surface area is 135 Å². The van der Waals surface area contributed by atoms with Crippen molar-refractivity contribution in [1.82, 2.24) is 0 Å². The molecule has 0 aliphatic rings. The van der Waals surface area contributed by atoms with E-state index in [1.165, 1.54) is 22.1 Å². The molecule has 0 aromatic heterocycles. The predicted molar refractivity (Wildman–Crippen MR) is 101 cm³/mol. The molecule has 0 unspecified atom stereocenters. The van der Waals surface area contributed by atoms with Gasteiger partial charge in [-0.3, -0.25) is 0 Å². The summed E-state index contributed by atoms with van der Waals surface area (Å²) >= 11 is 0. The van der Waals surface area contributed by atoms with E-state index >= 15 is 0 Å². The Kier molecular flexibility index (Phi) is 6.03. The lowest BCUT2D eigenvalue weighted by molar-refractivity contribution is 1.47. The number of rotatable bonds is 6. The minimum absolute atomic E-state index is 0.398. The van der Waals surface area contributed by atoms with Crippen molar-refractivity contribution in [2.24, 2.45) is 0 Å². The molecule has 0 atom stereocenters. The highest BCUT2D eigenvalue weighted by Crippen LogP contribution is 2.03. The van der Waals surface area contributed by atoms with Gasteiger partial charge in [-0.25, -0.2) is 0 Å². The van der Waals surface area contributed by atoms with E-state index in [1.807, 2.05) is 12.2 Å². The summed E-state index contributed by atoms with van der Waals surface area (Å²) in [5.74, 6) is 0. The van der Waals surface area contributed by atoms with Crippen molar-refractivity contribution < 1.29 is 0 Å². The fourth-order valence-corrected chi connectivity index (χ4v) is 2.58. The van der Waals surface area contributed by atoms with Crippen LogP contribution in [-0.4, -0.2) is 6.71 Å². The van der Waals surface area contributed by atoms with Gasteiger partial charge in [0, 0.05) is 0 Å². The molecule has 2 rings (SSSR count). The highest BCUT2D eigenvalue weighted by molar-refractivity contribution is 6.85. The molecule has 0 N–H and O–H groups in total. The first-order chi connectivity index (χ1) is 10.7. The fourth-order valence-electron chi connectivity index (χ4n) is 2.58. The summed E-state index contributed by atoms with van der Waals surface area (Å²) in [7, 11) is 0. The molecule has 0 saturated carbocycles. The van der Waals surface area contributed by atoms with Gasteiger partial charge in [0.25, 0.3) is 0 Å². The van der Waals surface area contributed by atoms with E-state index < -0.39 is 0 Å². The van der Waals surface area contributed by atoms with Gasteiger partial charge in [0.1, 0.15) is 0 Å². The number of benzene rings is 2. The predicted octanol–water partition coefficient (Wildman–Crippen LogP) is 4.29. The standard InChI is InChI=1S/C21H23B/c1-4-9-18(2)10-8-17-22(20-11-6-5-7-12-20)21-15-13-19(3)14-16-21/h4-16H,1,17H2,2-3H3/b10-8-,18-9-. The van der Waals surface area contributed by atoms with Gasteiger partial charge in [0.05, 0.1) is 0 Å². The molecule has 0 spiro atoms. The summed E-state index contributed by atoms with van der Waals surface area (Å²) in [6.07, 6.45) is 9.28. The first-order valence-electron chi connectivity index (χ1n) is 7.78.